The number of aryl methyl sites for hydroxylation is 1. The summed E-state index contributed by atoms with van der Waals surface area (Å²) in [4.78, 5) is 7.05. The third kappa shape index (κ3) is 3.33. The van der Waals surface area contributed by atoms with E-state index in [0.717, 1.165) is 26.1 Å². The quantitative estimate of drug-likeness (QED) is 0.858. The lowest BCUT2D eigenvalue weighted by molar-refractivity contribution is 0.128. The van der Waals surface area contributed by atoms with Gasteiger partial charge in [-0.05, 0) is 13.3 Å². The van der Waals surface area contributed by atoms with E-state index in [2.05, 4.69) is 40.7 Å². The molecule has 2 rings (SSSR count). The predicted molar refractivity (Wildman–Crippen MR) is 74.6 cm³/mol. The van der Waals surface area contributed by atoms with E-state index in [1.807, 2.05) is 12.4 Å². The van der Waals surface area contributed by atoms with Crippen LogP contribution in [-0.2, 0) is 13.5 Å². The molecule has 1 aromatic heterocycles. The summed E-state index contributed by atoms with van der Waals surface area (Å²) in [7, 11) is 2.08. The third-order valence-corrected chi connectivity index (χ3v) is 3.89. The third-order valence-electron chi connectivity index (χ3n) is 3.89. The Morgan fingerprint density at radius 3 is 3.00 bits per heavy atom. The highest BCUT2D eigenvalue weighted by molar-refractivity contribution is 4.93. The van der Waals surface area contributed by atoms with Crippen LogP contribution in [0.1, 0.15) is 32.5 Å². The van der Waals surface area contributed by atoms with Crippen molar-refractivity contribution in [1.82, 2.24) is 19.8 Å². The molecule has 2 atom stereocenters. The summed E-state index contributed by atoms with van der Waals surface area (Å²) in [5.74, 6) is 1.19. The second-order valence-electron chi connectivity index (χ2n) is 5.45. The van der Waals surface area contributed by atoms with Crippen molar-refractivity contribution in [3.8, 4) is 0 Å². The van der Waals surface area contributed by atoms with Crippen LogP contribution in [0.5, 0.6) is 0 Å². The van der Waals surface area contributed by atoms with Crippen molar-refractivity contribution < 1.29 is 0 Å². The summed E-state index contributed by atoms with van der Waals surface area (Å²) in [5, 5.41) is 3.59. The Morgan fingerprint density at radius 1 is 1.50 bits per heavy atom. The number of hydrogen-bond donors (Lipinski definition) is 1. The maximum atomic E-state index is 4.41. The van der Waals surface area contributed by atoms with Crippen molar-refractivity contribution >= 4 is 0 Å². The molecule has 1 saturated heterocycles. The number of nitrogens with zero attached hydrogens (tertiary/aromatic N) is 3. The first-order valence-corrected chi connectivity index (χ1v) is 7.14. The van der Waals surface area contributed by atoms with Gasteiger partial charge in [0.05, 0.1) is 0 Å². The Balaban J connectivity index is 1.90. The first kappa shape index (κ1) is 13.6. The van der Waals surface area contributed by atoms with Crippen molar-refractivity contribution in [1.29, 1.82) is 0 Å². The lowest BCUT2D eigenvalue weighted by Crippen LogP contribution is -2.55. The van der Waals surface area contributed by atoms with Crippen LogP contribution < -0.4 is 5.32 Å². The molecule has 1 aliphatic heterocycles. The van der Waals surface area contributed by atoms with Gasteiger partial charge in [0.1, 0.15) is 5.82 Å². The molecule has 0 aromatic carbocycles. The minimum Gasteiger partial charge on any atom is -0.338 e. The van der Waals surface area contributed by atoms with E-state index in [9.17, 15) is 0 Å². The predicted octanol–water partition coefficient (Wildman–Crippen LogP) is 1.42. The van der Waals surface area contributed by atoms with Crippen LogP contribution in [0.4, 0.5) is 0 Å². The van der Waals surface area contributed by atoms with Crippen LogP contribution in [0.3, 0.4) is 0 Å². The molecule has 0 spiro atoms. The Bertz CT molecular complexity index is 360. The molecule has 0 amide bonds. The van der Waals surface area contributed by atoms with Gasteiger partial charge in [0.15, 0.2) is 0 Å². The number of imidazole rings is 1. The van der Waals surface area contributed by atoms with E-state index >= 15 is 0 Å². The minimum absolute atomic E-state index is 0.611. The van der Waals surface area contributed by atoms with Gasteiger partial charge in [-0.1, -0.05) is 13.3 Å². The number of piperazine rings is 1. The van der Waals surface area contributed by atoms with Gasteiger partial charge in [0.25, 0.3) is 0 Å². The average molecular weight is 250 g/mol. The van der Waals surface area contributed by atoms with E-state index in [4.69, 9.17) is 0 Å². The highest BCUT2D eigenvalue weighted by Crippen LogP contribution is 2.13. The zero-order valence-electron chi connectivity index (χ0n) is 11.9. The Labute approximate surface area is 110 Å². The molecular weight excluding hydrogens is 224 g/mol. The topological polar surface area (TPSA) is 33.1 Å². The average Bonchev–Trinajstić information content (AvgIpc) is 2.75. The number of hydrogen-bond acceptors (Lipinski definition) is 3. The van der Waals surface area contributed by atoms with Crippen molar-refractivity contribution in [2.75, 3.05) is 19.6 Å². The second-order valence-corrected chi connectivity index (χ2v) is 5.45. The molecule has 4 heteroatoms. The SMILES string of the molecule is CCCC1CNC(C)CN1CCc1nccn1C. The molecule has 1 N–H and O–H groups in total. The van der Waals surface area contributed by atoms with Gasteiger partial charge >= 0.3 is 0 Å². The maximum Gasteiger partial charge on any atom is 0.109 e. The molecule has 2 unspecified atom stereocenters. The molecule has 0 saturated carbocycles. The summed E-state index contributed by atoms with van der Waals surface area (Å²) < 4.78 is 2.13. The van der Waals surface area contributed by atoms with Gasteiger partial charge in [0, 0.05) is 57.6 Å². The lowest BCUT2D eigenvalue weighted by atomic mass is 10.0. The Kier molecular flexibility index (Phi) is 4.78. The van der Waals surface area contributed by atoms with Crippen molar-refractivity contribution in [3.05, 3.63) is 18.2 Å². The first-order chi connectivity index (χ1) is 8.70. The summed E-state index contributed by atoms with van der Waals surface area (Å²) in [5.41, 5.74) is 0. The molecule has 102 valence electrons. The number of aromatic nitrogens is 2. The fourth-order valence-corrected chi connectivity index (χ4v) is 2.80. The van der Waals surface area contributed by atoms with Crippen molar-refractivity contribution in [2.24, 2.45) is 7.05 Å². The van der Waals surface area contributed by atoms with Crippen LogP contribution >= 0.6 is 0 Å². The van der Waals surface area contributed by atoms with E-state index in [-0.39, 0.29) is 0 Å². The fourth-order valence-electron chi connectivity index (χ4n) is 2.80. The molecule has 0 radical (unpaired) electrons. The summed E-state index contributed by atoms with van der Waals surface area (Å²) in [6.07, 6.45) is 7.52. The molecule has 0 aliphatic carbocycles. The summed E-state index contributed by atoms with van der Waals surface area (Å²) in [6.45, 7) is 7.97. The monoisotopic (exact) mass is 250 g/mol. The zero-order valence-corrected chi connectivity index (χ0v) is 11.9. The summed E-state index contributed by atoms with van der Waals surface area (Å²) in [6, 6.07) is 1.31. The number of nitrogens with one attached hydrogen (secondary N) is 1. The maximum absolute atomic E-state index is 4.41. The van der Waals surface area contributed by atoms with Gasteiger partial charge in [-0.2, -0.15) is 0 Å². The molecular formula is C14H26N4. The Hall–Kier alpha value is -0.870. The number of rotatable bonds is 5. The Morgan fingerprint density at radius 2 is 2.33 bits per heavy atom. The fraction of sp³-hybridized carbons (Fsp3) is 0.786. The van der Waals surface area contributed by atoms with Crippen LogP contribution in [0.15, 0.2) is 12.4 Å². The molecule has 0 bridgehead atoms. The normalized spacial score (nSPS) is 25.5. The molecule has 1 aliphatic rings. The molecule has 4 nitrogen and oxygen atoms in total. The standard InChI is InChI=1S/C14H26N4/c1-4-5-13-10-16-12(2)11-18(13)8-6-14-15-7-9-17(14)3/h7,9,12-13,16H,4-6,8,10-11H2,1-3H3. The smallest absolute Gasteiger partial charge is 0.109 e. The van der Waals surface area contributed by atoms with Gasteiger partial charge in [0.2, 0.25) is 0 Å². The van der Waals surface area contributed by atoms with Crippen LogP contribution in [0.2, 0.25) is 0 Å². The minimum atomic E-state index is 0.611. The van der Waals surface area contributed by atoms with Gasteiger partial charge in [-0.15, -0.1) is 0 Å². The molecule has 2 heterocycles. The van der Waals surface area contributed by atoms with E-state index < -0.39 is 0 Å². The largest absolute Gasteiger partial charge is 0.338 e. The van der Waals surface area contributed by atoms with Crippen molar-refractivity contribution in [3.63, 3.8) is 0 Å². The van der Waals surface area contributed by atoms with E-state index in [1.165, 1.54) is 18.7 Å². The molecule has 1 fully saturated rings. The molecule has 18 heavy (non-hydrogen) atoms. The highest BCUT2D eigenvalue weighted by atomic mass is 15.2. The first-order valence-electron chi connectivity index (χ1n) is 7.14. The zero-order chi connectivity index (χ0) is 13.0. The lowest BCUT2D eigenvalue weighted by Gasteiger charge is -2.39. The van der Waals surface area contributed by atoms with E-state index in [0.29, 0.717) is 12.1 Å². The van der Waals surface area contributed by atoms with Gasteiger partial charge in [-0.25, -0.2) is 4.98 Å². The molecule has 1 aromatic rings. The van der Waals surface area contributed by atoms with Crippen molar-refractivity contribution in [2.45, 2.75) is 45.2 Å². The second kappa shape index (κ2) is 6.34. The highest BCUT2D eigenvalue weighted by Gasteiger charge is 2.24. The van der Waals surface area contributed by atoms with E-state index in [1.54, 1.807) is 0 Å². The van der Waals surface area contributed by atoms with Gasteiger partial charge < -0.3 is 9.88 Å². The summed E-state index contributed by atoms with van der Waals surface area (Å²) >= 11 is 0. The van der Waals surface area contributed by atoms with Crippen LogP contribution in [0.25, 0.3) is 0 Å². The van der Waals surface area contributed by atoms with Crippen LogP contribution in [-0.4, -0.2) is 46.2 Å². The van der Waals surface area contributed by atoms with Crippen LogP contribution in [0, 0.1) is 0 Å². The van der Waals surface area contributed by atoms with Gasteiger partial charge in [-0.3, -0.25) is 4.90 Å².